The molecule has 0 bridgehead atoms. The number of hydrogen-bond acceptors (Lipinski definition) is 2. The Hall–Kier alpha value is -1.84. The van der Waals surface area contributed by atoms with Gasteiger partial charge in [0, 0.05) is 18.8 Å². The standard InChI is InChI=1S/C19H30N2O2/c1-6-8-14-21(13-7-2)18(23)17(22)20-16-11-9-15(10-12-16)19(3,4)5/h9-12H,6-8,13-14H2,1-5H3,(H,20,22). The summed E-state index contributed by atoms with van der Waals surface area (Å²) >= 11 is 0. The molecule has 0 radical (unpaired) electrons. The minimum atomic E-state index is -0.557. The molecule has 1 aromatic rings. The second-order valence-corrected chi connectivity index (χ2v) is 6.93. The van der Waals surface area contributed by atoms with Crippen LogP contribution in [0.25, 0.3) is 0 Å². The van der Waals surface area contributed by atoms with E-state index >= 15 is 0 Å². The summed E-state index contributed by atoms with van der Waals surface area (Å²) in [5.74, 6) is -1.00. The van der Waals surface area contributed by atoms with Crippen molar-refractivity contribution >= 4 is 17.5 Å². The molecular weight excluding hydrogens is 288 g/mol. The predicted molar refractivity (Wildman–Crippen MR) is 95.6 cm³/mol. The van der Waals surface area contributed by atoms with Crippen LogP contribution >= 0.6 is 0 Å². The van der Waals surface area contributed by atoms with Gasteiger partial charge in [0.25, 0.3) is 0 Å². The SMILES string of the molecule is CCCCN(CCC)C(=O)C(=O)Nc1ccc(C(C)(C)C)cc1. The van der Waals surface area contributed by atoms with Gasteiger partial charge in [-0.15, -0.1) is 0 Å². The van der Waals surface area contributed by atoms with Crippen LogP contribution in [0.3, 0.4) is 0 Å². The molecular formula is C19H30N2O2. The van der Waals surface area contributed by atoms with E-state index in [4.69, 9.17) is 0 Å². The lowest BCUT2D eigenvalue weighted by atomic mass is 9.87. The molecule has 23 heavy (non-hydrogen) atoms. The van der Waals surface area contributed by atoms with Crippen molar-refractivity contribution in [3.05, 3.63) is 29.8 Å². The number of unbranched alkanes of at least 4 members (excludes halogenated alkanes) is 1. The highest BCUT2D eigenvalue weighted by Gasteiger charge is 2.21. The Labute approximate surface area is 140 Å². The quantitative estimate of drug-likeness (QED) is 0.807. The molecule has 0 aliphatic rings. The predicted octanol–water partition coefficient (Wildman–Crippen LogP) is 3.96. The van der Waals surface area contributed by atoms with Crippen LogP contribution in [0, 0.1) is 0 Å². The van der Waals surface area contributed by atoms with Gasteiger partial charge in [-0.05, 0) is 36.0 Å². The second kappa shape index (κ2) is 8.70. The number of benzene rings is 1. The summed E-state index contributed by atoms with van der Waals surface area (Å²) in [5, 5.41) is 2.71. The monoisotopic (exact) mass is 318 g/mol. The Bertz CT molecular complexity index is 515. The summed E-state index contributed by atoms with van der Waals surface area (Å²) in [6.07, 6.45) is 2.77. The van der Waals surface area contributed by atoms with Crippen LogP contribution in [0.15, 0.2) is 24.3 Å². The molecule has 0 aromatic heterocycles. The summed E-state index contributed by atoms with van der Waals surface area (Å²) in [6.45, 7) is 11.8. The van der Waals surface area contributed by atoms with Gasteiger partial charge in [-0.25, -0.2) is 0 Å². The lowest BCUT2D eigenvalue weighted by molar-refractivity contribution is -0.143. The maximum atomic E-state index is 12.3. The maximum absolute atomic E-state index is 12.3. The molecule has 0 fully saturated rings. The maximum Gasteiger partial charge on any atom is 0.313 e. The molecule has 0 unspecified atom stereocenters. The molecule has 0 spiro atoms. The van der Waals surface area contributed by atoms with E-state index in [0.717, 1.165) is 19.3 Å². The molecule has 4 heteroatoms. The first-order valence-electron chi connectivity index (χ1n) is 8.50. The van der Waals surface area contributed by atoms with Gasteiger partial charge < -0.3 is 10.2 Å². The average Bonchev–Trinajstić information content (AvgIpc) is 2.50. The fourth-order valence-electron chi connectivity index (χ4n) is 2.32. The first-order valence-corrected chi connectivity index (χ1v) is 8.50. The van der Waals surface area contributed by atoms with Crippen molar-refractivity contribution in [2.75, 3.05) is 18.4 Å². The van der Waals surface area contributed by atoms with Crippen LogP contribution in [0.1, 0.15) is 59.4 Å². The van der Waals surface area contributed by atoms with Crippen molar-refractivity contribution in [1.29, 1.82) is 0 Å². The number of anilines is 1. The topological polar surface area (TPSA) is 49.4 Å². The molecule has 128 valence electrons. The zero-order valence-electron chi connectivity index (χ0n) is 15.1. The molecule has 0 aliphatic heterocycles. The summed E-state index contributed by atoms with van der Waals surface area (Å²) in [6, 6.07) is 7.67. The average molecular weight is 318 g/mol. The number of amides is 2. The van der Waals surface area contributed by atoms with Gasteiger partial charge >= 0.3 is 11.8 Å². The Balaban J connectivity index is 2.71. The van der Waals surface area contributed by atoms with Crippen molar-refractivity contribution in [3.63, 3.8) is 0 Å². The van der Waals surface area contributed by atoms with E-state index in [-0.39, 0.29) is 5.41 Å². The first kappa shape index (κ1) is 19.2. The van der Waals surface area contributed by atoms with Gasteiger partial charge in [0.1, 0.15) is 0 Å². The van der Waals surface area contributed by atoms with Crippen molar-refractivity contribution in [2.45, 2.75) is 59.3 Å². The van der Waals surface area contributed by atoms with E-state index in [2.05, 4.69) is 33.0 Å². The van der Waals surface area contributed by atoms with Crippen LogP contribution in [0.2, 0.25) is 0 Å². The van der Waals surface area contributed by atoms with E-state index in [1.54, 1.807) is 4.90 Å². The van der Waals surface area contributed by atoms with Crippen molar-refractivity contribution < 1.29 is 9.59 Å². The highest BCUT2D eigenvalue weighted by atomic mass is 16.2. The molecule has 1 rings (SSSR count). The largest absolute Gasteiger partial charge is 0.334 e. The minimum Gasteiger partial charge on any atom is -0.334 e. The summed E-state index contributed by atoms with van der Waals surface area (Å²) < 4.78 is 0. The number of carbonyl (C=O) groups excluding carboxylic acids is 2. The third-order valence-corrected chi connectivity index (χ3v) is 3.77. The zero-order chi connectivity index (χ0) is 17.5. The second-order valence-electron chi connectivity index (χ2n) is 6.93. The first-order chi connectivity index (χ1) is 10.8. The third-order valence-electron chi connectivity index (χ3n) is 3.77. The number of nitrogens with one attached hydrogen (secondary N) is 1. The molecule has 0 heterocycles. The Morgan fingerprint density at radius 1 is 1.00 bits per heavy atom. The lowest BCUT2D eigenvalue weighted by Gasteiger charge is -2.21. The normalized spacial score (nSPS) is 11.2. The van der Waals surface area contributed by atoms with Gasteiger partial charge in [0.05, 0.1) is 0 Å². The molecule has 4 nitrogen and oxygen atoms in total. The number of carbonyl (C=O) groups is 2. The van der Waals surface area contributed by atoms with E-state index in [9.17, 15) is 9.59 Å². The fraction of sp³-hybridized carbons (Fsp3) is 0.579. The molecule has 1 aromatic carbocycles. The molecule has 0 saturated carbocycles. The van der Waals surface area contributed by atoms with Gasteiger partial charge in [-0.2, -0.15) is 0 Å². The minimum absolute atomic E-state index is 0.0659. The van der Waals surface area contributed by atoms with E-state index in [1.807, 2.05) is 31.2 Å². The highest BCUT2D eigenvalue weighted by molar-refractivity contribution is 6.39. The molecule has 0 atom stereocenters. The number of hydrogen-bond donors (Lipinski definition) is 1. The van der Waals surface area contributed by atoms with Crippen molar-refractivity contribution in [2.24, 2.45) is 0 Å². The summed E-state index contributed by atoms with van der Waals surface area (Å²) in [7, 11) is 0. The fourth-order valence-corrected chi connectivity index (χ4v) is 2.32. The van der Waals surface area contributed by atoms with Crippen LogP contribution in [0.4, 0.5) is 5.69 Å². The van der Waals surface area contributed by atoms with E-state index in [1.165, 1.54) is 5.56 Å². The van der Waals surface area contributed by atoms with Gasteiger partial charge in [0.15, 0.2) is 0 Å². The third kappa shape index (κ3) is 6.05. The van der Waals surface area contributed by atoms with Gasteiger partial charge in [0.2, 0.25) is 0 Å². The van der Waals surface area contributed by atoms with Crippen LogP contribution in [-0.2, 0) is 15.0 Å². The van der Waals surface area contributed by atoms with Crippen LogP contribution in [-0.4, -0.2) is 29.8 Å². The van der Waals surface area contributed by atoms with E-state index < -0.39 is 11.8 Å². The highest BCUT2D eigenvalue weighted by Crippen LogP contribution is 2.23. The number of rotatable bonds is 6. The van der Waals surface area contributed by atoms with Gasteiger partial charge in [-0.1, -0.05) is 53.2 Å². The molecule has 1 N–H and O–H groups in total. The number of nitrogens with zero attached hydrogens (tertiary/aromatic N) is 1. The molecule has 2 amide bonds. The van der Waals surface area contributed by atoms with Gasteiger partial charge in [-0.3, -0.25) is 9.59 Å². The summed E-state index contributed by atoms with van der Waals surface area (Å²) in [5.41, 5.74) is 1.91. The lowest BCUT2D eigenvalue weighted by Crippen LogP contribution is -2.40. The smallest absolute Gasteiger partial charge is 0.313 e. The van der Waals surface area contributed by atoms with Crippen LogP contribution in [0.5, 0.6) is 0 Å². The Morgan fingerprint density at radius 3 is 2.09 bits per heavy atom. The summed E-state index contributed by atoms with van der Waals surface area (Å²) in [4.78, 5) is 26.1. The van der Waals surface area contributed by atoms with E-state index in [0.29, 0.717) is 18.8 Å². The Morgan fingerprint density at radius 2 is 1.61 bits per heavy atom. The zero-order valence-corrected chi connectivity index (χ0v) is 15.1. The van der Waals surface area contributed by atoms with Crippen molar-refractivity contribution in [1.82, 2.24) is 4.90 Å². The van der Waals surface area contributed by atoms with Crippen LogP contribution < -0.4 is 5.32 Å². The molecule has 0 saturated heterocycles. The van der Waals surface area contributed by atoms with Crippen molar-refractivity contribution in [3.8, 4) is 0 Å². The Kier molecular flexibility index (Phi) is 7.27. The molecule has 0 aliphatic carbocycles.